The molecule has 6 heteroatoms. The van der Waals surface area contributed by atoms with Crippen molar-refractivity contribution < 1.29 is 9.84 Å². The Morgan fingerprint density at radius 2 is 1.64 bits per heavy atom. The first-order valence-corrected chi connectivity index (χ1v) is 17.3. The summed E-state index contributed by atoms with van der Waals surface area (Å²) in [5, 5.41) is 10.2. The molecule has 224 valence electrons. The van der Waals surface area contributed by atoms with Crippen LogP contribution in [0.25, 0.3) is 0 Å². The van der Waals surface area contributed by atoms with E-state index in [2.05, 4.69) is 86.5 Å². The molecule has 0 unspecified atom stereocenters. The summed E-state index contributed by atoms with van der Waals surface area (Å²) in [4.78, 5) is 11.3. The van der Waals surface area contributed by atoms with E-state index in [1.54, 1.807) is 22.3 Å². The largest absolute Gasteiger partial charge is 0.392 e. The summed E-state index contributed by atoms with van der Waals surface area (Å²) in [7, 11) is 0. The fourth-order valence-electron chi connectivity index (χ4n) is 13.5. The number of anilines is 2. The van der Waals surface area contributed by atoms with Gasteiger partial charge in [0.1, 0.15) is 6.23 Å². The zero-order chi connectivity index (χ0) is 28.5. The minimum atomic E-state index is 0.0351. The van der Waals surface area contributed by atoms with Crippen LogP contribution in [0.2, 0.25) is 0 Å². The predicted octanol–water partition coefficient (Wildman–Crippen LogP) is 4.17. The van der Waals surface area contributed by atoms with Crippen LogP contribution < -0.4 is 9.80 Å². The highest BCUT2D eigenvalue weighted by atomic mass is 16.5. The van der Waals surface area contributed by atoms with Crippen LogP contribution >= 0.6 is 0 Å². The Balaban J connectivity index is 1.19. The summed E-state index contributed by atoms with van der Waals surface area (Å²) in [6.45, 7) is 5.28. The van der Waals surface area contributed by atoms with E-state index in [4.69, 9.17) is 4.74 Å². The molecular weight excluding hydrogens is 544 g/mol. The van der Waals surface area contributed by atoms with Crippen LogP contribution in [0.1, 0.15) is 36.8 Å². The molecule has 8 aliphatic heterocycles. The topological polar surface area (TPSA) is 42.4 Å². The second-order valence-corrected chi connectivity index (χ2v) is 15.6. The average molecular weight is 585 g/mol. The molecule has 6 fully saturated rings. The van der Waals surface area contributed by atoms with Gasteiger partial charge >= 0.3 is 0 Å². The third-order valence-electron chi connectivity index (χ3n) is 14.7. The fourth-order valence-corrected chi connectivity index (χ4v) is 13.5. The quantitative estimate of drug-likeness (QED) is 0.508. The molecule has 44 heavy (non-hydrogen) atoms. The molecule has 10 atom stereocenters. The Bertz CT molecular complexity index is 1750. The van der Waals surface area contributed by atoms with E-state index in [9.17, 15) is 5.11 Å². The Kier molecular flexibility index (Phi) is 4.37. The summed E-state index contributed by atoms with van der Waals surface area (Å²) in [5.74, 6) is 1.32. The Labute approximate surface area is 259 Å². The van der Waals surface area contributed by atoms with Crippen molar-refractivity contribution >= 4 is 11.4 Å². The molecule has 2 spiro atoms. The van der Waals surface area contributed by atoms with Gasteiger partial charge in [0.05, 0.1) is 25.3 Å². The minimum Gasteiger partial charge on any atom is -0.392 e. The fraction of sp³-hybridized carbons (Fsp3) is 0.526. The first-order valence-electron chi connectivity index (χ1n) is 17.3. The van der Waals surface area contributed by atoms with Crippen LogP contribution in [0.5, 0.6) is 0 Å². The SMILES string of the molecule is OC/C=C1\CN2CC[C@@]34c5ccccc5N5[C@@H]6OCC=C7CN8CC[C@]9%10c%11ccccc%11N(C=C([C@H]1C[C@H]23)[C@H]54)[C@@H]9[C@H]6[C@H]7C[C@H]8%10. The van der Waals surface area contributed by atoms with Crippen LogP contribution in [0, 0.1) is 17.8 Å². The van der Waals surface area contributed by atoms with Gasteiger partial charge in [-0.15, -0.1) is 0 Å². The third kappa shape index (κ3) is 2.45. The number of aliphatic hydroxyl groups is 1. The molecule has 8 heterocycles. The zero-order valence-corrected chi connectivity index (χ0v) is 25.2. The molecule has 6 nitrogen and oxygen atoms in total. The molecule has 12 rings (SSSR count). The highest BCUT2D eigenvalue weighted by molar-refractivity contribution is 5.75. The van der Waals surface area contributed by atoms with Gasteiger partial charge in [-0.1, -0.05) is 59.7 Å². The van der Waals surface area contributed by atoms with Gasteiger partial charge in [-0.25, -0.2) is 0 Å². The van der Waals surface area contributed by atoms with Crippen LogP contribution in [0.15, 0.2) is 83.6 Å². The van der Waals surface area contributed by atoms with E-state index < -0.39 is 0 Å². The maximum Gasteiger partial charge on any atom is 0.136 e. The van der Waals surface area contributed by atoms with Gasteiger partial charge < -0.3 is 19.6 Å². The normalized spacial score (nSPS) is 45.7. The van der Waals surface area contributed by atoms with Gasteiger partial charge in [0.2, 0.25) is 0 Å². The van der Waals surface area contributed by atoms with Crippen molar-refractivity contribution in [3.8, 4) is 0 Å². The lowest BCUT2D eigenvalue weighted by atomic mass is 9.54. The molecule has 0 aromatic heterocycles. The van der Waals surface area contributed by atoms with Crippen LogP contribution in [-0.4, -0.2) is 84.7 Å². The van der Waals surface area contributed by atoms with Gasteiger partial charge in [-0.2, -0.15) is 0 Å². The van der Waals surface area contributed by atoms with E-state index in [1.807, 2.05) is 0 Å². The maximum atomic E-state index is 10.2. The van der Waals surface area contributed by atoms with Crippen molar-refractivity contribution in [1.29, 1.82) is 0 Å². The molecule has 10 aliphatic rings. The molecule has 1 N–H and O–H groups in total. The van der Waals surface area contributed by atoms with Gasteiger partial charge in [0.25, 0.3) is 0 Å². The lowest BCUT2D eigenvalue weighted by Gasteiger charge is -2.61. The molecule has 0 amide bonds. The van der Waals surface area contributed by atoms with Gasteiger partial charge in [0.15, 0.2) is 0 Å². The van der Waals surface area contributed by atoms with E-state index in [-0.39, 0.29) is 29.7 Å². The first-order chi connectivity index (χ1) is 21.7. The standard InChI is InChI=1S/C38H40N4O2/c43-15-9-22-19-39-13-11-37-28-6-2-4-8-30(28)42-34(37)26(24(22)17-31(37)39)21-41-29-7-3-1-5-27(29)38-12-14-40-20-23-10-16-44-36(42)33(35(38)41)25(23)18-32(38)40/h1-10,21,24-25,31-36,43H,11-20H2/b22-9+,26-21?/t24-,25-,31-,32-,33+,34-,35+,36+,37+,38+/m0/s1. The number of nitrogens with zero attached hydrogens (tertiary/aromatic N) is 4. The molecule has 4 bridgehead atoms. The number of hydrogen-bond acceptors (Lipinski definition) is 6. The van der Waals surface area contributed by atoms with Crippen molar-refractivity contribution in [2.45, 2.75) is 66.9 Å². The smallest absolute Gasteiger partial charge is 0.136 e. The van der Waals surface area contributed by atoms with Gasteiger partial charge in [-0.05, 0) is 73.5 Å². The number of fused-ring (bicyclic) bond motifs is 7. The van der Waals surface area contributed by atoms with E-state index in [0.717, 1.165) is 26.1 Å². The lowest BCUT2D eigenvalue weighted by Crippen LogP contribution is -2.70. The number of benzene rings is 2. The van der Waals surface area contributed by atoms with E-state index in [1.165, 1.54) is 42.8 Å². The van der Waals surface area contributed by atoms with Crippen molar-refractivity contribution in [3.63, 3.8) is 0 Å². The Hall–Kier alpha value is -2.90. The Morgan fingerprint density at radius 3 is 2.50 bits per heavy atom. The lowest BCUT2D eigenvalue weighted by molar-refractivity contribution is -0.0474. The zero-order valence-electron chi connectivity index (χ0n) is 25.2. The molecule has 2 aliphatic carbocycles. The number of piperidine rings is 2. The highest BCUT2D eigenvalue weighted by Gasteiger charge is 2.73. The number of rotatable bonds is 1. The summed E-state index contributed by atoms with van der Waals surface area (Å²) in [6.07, 6.45) is 12.2. The van der Waals surface area contributed by atoms with Gasteiger partial charge in [-0.3, -0.25) is 9.80 Å². The van der Waals surface area contributed by atoms with Crippen molar-refractivity contribution in [3.05, 3.63) is 94.7 Å². The number of aliphatic hydroxyl groups excluding tert-OH is 1. The summed E-state index contributed by atoms with van der Waals surface area (Å²) in [5.41, 5.74) is 10.9. The van der Waals surface area contributed by atoms with Crippen LogP contribution in [0.4, 0.5) is 11.4 Å². The van der Waals surface area contributed by atoms with Crippen LogP contribution in [0.3, 0.4) is 0 Å². The maximum absolute atomic E-state index is 10.2. The molecule has 4 saturated heterocycles. The second-order valence-electron chi connectivity index (χ2n) is 15.6. The van der Waals surface area contributed by atoms with Crippen molar-refractivity contribution in [2.75, 3.05) is 49.2 Å². The van der Waals surface area contributed by atoms with E-state index in [0.29, 0.717) is 42.5 Å². The minimum absolute atomic E-state index is 0.0351. The molecule has 2 aromatic carbocycles. The predicted molar refractivity (Wildman–Crippen MR) is 170 cm³/mol. The number of ether oxygens (including phenoxy) is 1. The van der Waals surface area contributed by atoms with Crippen molar-refractivity contribution in [2.24, 2.45) is 17.8 Å². The monoisotopic (exact) mass is 584 g/mol. The van der Waals surface area contributed by atoms with Gasteiger partial charge in [0, 0.05) is 65.4 Å². The molecular formula is C38H40N4O2. The van der Waals surface area contributed by atoms with E-state index >= 15 is 0 Å². The number of para-hydroxylation sites is 2. The average Bonchev–Trinajstić information content (AvgIpc) is 3.74. The number of hydrogen-bond donors (Lipinski definition) is 1. The second kappa shape index (κ2) is 7.90. The van der Waals surface area contributed by atoms with Crippen LogP contribution in [-0.2, 0) is 15.6 Å². The molecule has 0 radical (unpaired) electrons. The third-order valence-corrected chi connectivity index (χ3v) is 14.7. The first kappa shape index (κ1) is 24.3. The van der Waals surface area contributed by atoms with Crippen molar-refractivity contribution in [1.82, 2.24) is 9.80 Å². The highest BCUT2D eigenvalue weighted by Crippen LogP contribution is 2.69. The summed E-state index contributed by atoms with van der Waals surface area (Å²) in [6, 6.07) is 20.8. The molecule has 2 saturated carbocycles. The summed E-state index contributed by atoms with van der Waals surface area (Å²) < 4.78 is 7.30. The summed E-state index contributed by atoms with van der Waals surface area (Å²) >= 11 is 0. The Morgan fingerprint density at radius 1 is 0.886 bits per heavy atom. The molecule has 2 aromatic rings.